The third-order valence-electron chi connectivity index (χ3n) is 14.2. The summed E-state index contributed by atoms with van der Waals surface area (Å²) in [6.45, 7) is 7.93. The van der Waals surface area contributed by atoms with Crippen molar-refractivity contribution in [1.29, 1.82) is 0 Å². The molecule has 20 heteroatoms. The summed E-state index contributed by atoms with van der Waals surface area (Å²) in [7, 11) is -8.16. The largest absolute Gasteiger partial charge is 0.493 e. The van der Waals surface area contributed by atoms with E-state index in [4.69, 9.17) is 24.2 Å². The van der Waals surface area contributed by atoms with E-state index < -0.39 is 41.0 Å². The average molecular weight is 1030 g/mol. The molecule has 0 bridgehead atoms. The molecule has 1 unspecified atom stereocenters. The topological polar surface area (TPSA) is 244 Å². The van der Waals surface area contributed by atoms with Gasteiger partial charge in [-0.2, -0.15) is 0 Å². The number of rotatable bonds is 14. The second-order valence-electron chi connectivity index (χ2n) is 18.9. The van der Waals surface area contributed by atoms with Crippen molar-refractivity contribution in [3.63, 3.8) is 0 Å². The SMILES string of the molecule is Cc1ccc(C(=O)N2CCC(COc3ccc(S(=O)(=O)C4(C(=O)NO)CCOCC4)cc3)CC2)cc1.Cc1ccc(C(=O)N2CCCC(COc3ccc(S(=O)(=O)C4(C(=O)NO)CCOCC4)cc3)C2)cc1. The number of likely N-dealkylation sites (tertiary alicyclic amines) is 2. The highest BCUT2D eigenvalue weighted by molar-refractivity contribution is 7.94. The van der Waals surface area contributed by atoms with Gasteiger partial charge in [0.2, 0.25) is 0 Å². The Kier molecular flexibility index (Phi) is 17.8. The number of carbonyl (C=O) groups excluding carboxylic acids is 4. The summed E-state index contributed by atoms with van der Waals surface area (Å²) in [5.74, 6) is -0.356. The Hall–Kier alpha value is -5.90. The fourth-order valence-corrected chi connectivity index (χ4v) is 13.5. The zero-order valence-electron chi connectivity index (χ0n) is 40.6. The van der Waals surface area contributed by atoms with Gasteiger partial charge in [-0.25, -0.2) is 27.8 Å². The smallest absolute Gasteiger partial charge is 0.265 e. The minimum Gasteiger partial charge on any atom is -0.493 e. The van der Waals surface area contributed by atoms with Gasteiger partial charge in [0.15, 0.2) is 29.2 Å². The lowest BCUT2D eigenvalue weighted by Crippen LogP contribution is -2.54. The molecule has 4 fully saturated rings. The third kappa shape index (κ3) is 12.0. The molecule has 4 heterocycles. The number of hydrogen-bond donors (Lipinski definition) is 4. The number of piperidine rings is 2. The molecular formula is C52H64N4O14S2. The van der Waals surface area contributed by atoms with Gasteiger partial charge in [-0.1, -0.05) is 35.4 Å². The number of aryl methyl sites for hydroxylation is 2. The van der Waals surface area contributed by atoms with Crippen molar-refractivity contribution in [3.8, 4) is 11.5 Å². The van der Waals surface area contributed by atoms with Crippen LogP contribution in [0.1, 0.15) is 83.2 Å². The van der Waals surface area contributed by atoms with Gasteiger partial charge in [0, 0.05) is 69.7 Å². The van der Waals surface area contributed by atoms with Crippen LogP contribution < -0.4 is 20.4 Å². The average Bonchev–Trinajstić information content (AvgIpc) is 3.42. The third-order valence-corrected chi connectivity index (χ3v) is 19.2. The lowest BCUT2D eigenvalue weighted by Gasteiger charge is -2.34. The van der Waals surface area contributed by atoms with Crippen molar-refractivity contribution in [2.45, 2.75) is 84.5 Å². The lowest BCUT2D eigenvalue weighted by molar-refractivity contribution is -0.135. The van der Waals surface area contributed by atoms with Crippen molar-refractivity contribution in [1.82, 2.24) is 20.8 Å². The highest BCUT2D eigenvalue weighted by atomic mass is 32.2. The highest BCUT2D eigenvalue weighted by Crippen LogP contribution is 2.38. The molecule has 4 N–H and O–H groups in total. The summed E-state index contributed by atoms with van der Waals surface area (Å²) in [5.41, 5.74) is 6.63. The molecule has 0 spiro atoms. The molecule has 0 radical (unpaired) electrons. The maximum absolute atomic E-state index is 13.4. The molecule has 18 nitrogen and oxygen atoms in total. The maximum Gasteiger partial charge on any atom is 0.265 e. The molecule has 0 saturated carbocycles. The monoisotopic (exact) mass is 1030 g/mol. The van der Waals surface area contributed by atoms with Crippen LogP contribution in [0.2, 0.25) is 0 Å². The zero-order valence-corrected chi connectivity index (χ0v) is 42.3. The second-order valence-corrected chi connectivity index (χ2v) is 23.4. The summed E-state index contributed by atoms with van der Waals surface area (Å²) < 4.78 is 72.1. The van der Waals surface area contributed by atoms with Crippen LogP contribution in [-0.2, 0) is 38.7 Å². The van der Waals surface area contributed by atoms with E-state index in [1.807, 2.05) is 72.2 Å². The Labute approximate surface area is 420 Å². The molecule has 4 saturated heterocycles. The first kappa shape index (κ1) is 53.9. The van der Waals surface area contributed by atoms with Crippen LogP contribution in [0.25, 0.3) is 0 Å². The molecule has 4 aliphatic rings. The van der Waals surface area contributed by atoms with Gasteiger partial charge in [0.25, 0.3) is 23.6 Å². The van der Waals surface area contributed by atoms with Crippen LogP contribution in [0, 0.1) is 25.7 Å². The first-order valence-electron chi connectivity index (χ1n) is 24.2. The van der Waals surface area contributed by atoms with E-state index in [1.54, 1.807) is 24.3 Å². The number of sulfone groups is 2. The predicted octanol–water partition coefficient (Wildman–Crippen LogP) is 5.51. The number of benzene rings is 4. The van der Waals surface area contributed by atoms with Crippen molar-refractivity contribution in [2.24, 2.45) is 11.8 Å². The van der Waals surface area contributed by atoms with E-state index in [1.165, 1.54) is 35.2 Å². The highest BCUT2D eigenvalue weighted by Gasteiger charge is 2.53. The van der Waals surface area contributed by atoms with Crippen LogP contribution in [0.4, 0.5) is 0 Å². The maximum atomic E-state index is 13.4. The molecular weight excluding hydrogens is 969 g/mol. The van der Waals surface area contributed by atoms with Crippen molar-refractivity contribution in [3.05, 3.63) is 119 Å². The zero-order chi connectivity index (χ0) is 51.5. The van der Waals surface area contributed by atoms with Gasteiger partial charge >= 0.3 is 0 Å². The predicted molar refractivity (Wildman–Crippen MR) is 263 cm³/mol. The van der Waals surface area contributed by atoms with Crippen molar-refractivity contribution >= 4 is 43.3 Å². The van der Waals surface area contributed by atoms with Gasteiger partial charge in [0.05, 0.1) is 23.0 Å². The summed E-state index contributed by atoms with van der Waals surface area (Å²) in [5, 5.41) is 18.3. The molecule has 388 valence electrons. The Morgan fingerprint density at radius 1 is 0.556 bits per heavy atom. The fraction of sp³-hybridized carbons (Fsp3) is 0.462. The quantitative estimate of drug-likeness (QED) is 0.0900. The van der Waals surface area contributed by atoms with E-state index in [-0.39, 0.29) is 85.6 Å². The molecule has 4 amide bonds. The van der Waals surface area contributed by atoms with Crippen molar-refractivity contribution < 1.29 is 65.4 Å². The first-order valence-corrected chi connectivity index (χ1v) is 27.2. The van der Waals surface area contributed by atoms with Crippen LogP contribution in [0.5, 0.6) is 11.5 Å². The molecule has 1 atom stereocenters. The van der Waals surface area contributed by atoms with Crippen LogP contribution in [-0.4, -0.2) is 136 Å². The summed E-state index contributed by atoms with van der Waals surface area (Å²) in [6, 6.07) is 27.1. The summed E-state index contributed by atoms with van der Waals surface area (Å²) in [6.07, 6.45) is 3.32. The second kappa shape index (κ2) is 23.8. The number of nitrogens with zero attached hydrogens (tertiary/aromatic N) is 2. The van der Waals surface area contributed by atoms with Gasteiger partial charge in [-0.3, -0.25) is 29.6 Å². The number of carbonyl (C=O) groups is 4. The number of nitrogens with one attached hydrogen (secondary N) is 2. The van der Waals surface area contributed by atoms with Gasteiger partial charge in [0.1, 0.15) is 11.5 Å². The Morgan fingerprint density at radius 3 is 1.35 bits per heavy atom. The number of ether oxygens (including phenoxy) is 4. The normalized spacial score (nSPS) is 19.2. The van der Waals surface area contributed by atoms with Crippen LogP contribution in [0.15, 0.2) is 107 Å². The Morgan fingerprint density at radius 2 is 0.944 bits per heavy atom. The fourth-order valence-electron chi connectivity index (χ4n) is 9.60. The van der Waals surface area contributed by atoms with E-state index in [0.717, 1.165) is 36.8 Å². The molecule has 4 aromatic rings. The Balaban J connectivity index is 0.000000211. The van der Waals surface area contributed by atoms with Gasteiger partial charge in [-0.15, -0.1) is 0 Å². The van der Waals surface area contributed by atoms with E-state index in [0.29, 0.717) is 62.0 Å². The van der Waals surface area contributed by atoms with E-state index in [2.05, 4.69) is 0 Å². The molecule has 4 aromatic carbocycles. The molecule has 8 rings (SSSR count). The van der Waals surface area contributed by atoms with Crippen LogP contribution in [0.3, 0.4) is 0 Å². The van der Waals surface area contributed by atoms with Gasteiger partial charge < -0.3 is 28.7 Å². The molecule has 4 aliphatic heterocycles. The molecule has 0 aliphatic carbocycles. The Bertz CT molecular complexity index is 2720. The minimum atomic E-state index is -4.08. The van der Waals surface area contributed by atoms with E-state index in [9.17, 15) is 41.2 Å². The summed E-state index contributed by atoms with van der Waals surface area (Å²) >= 11 is 0. The minimum absolute atomic E-state index is 0.0109. The number of hydrogen-bond acceptors (Lipinski definition) is 14. The molecule has 72 heavy (non-hydrogen) atoms. The standard InChI is InChI=1S/2C26H32N2O7S/c1-19-2-4-21(5-3-19)24(29)28-14-10-20(11-15-28)18-35-22-6-8-23(9-7-22)36(32,33)26(25(30)27-31)12-16-34-17-13-26;1-19-4-6-21(7-5-19)24(29)28-14-2-3-20(17-28)18-35-22-8-10-23(11-9-22)36(32,33)26(25(30)27-31)12-15-34-16-13-26/h2-9,20,31H,10-18H2,1H3,(H,27,30);4-11,20,31H,2-3,12-18H2,1H3,(H,27,30). The molecule has 0 aromatic heterocycles. The number of hydroxylamine groups is 2. The van der Waals surface area contributed by atoms with Crippen LogP contribution >= 0.6 is 0 Å². The lowest BCUT2D eigenvalue weighted by atomic mass is 9.97. The summed E-state index contributed by atoms with van der Waals surface area (Å²) in [4.78, 5) is 54.0. The first-order chi connectivity index (χ1) is 34.5. The van der Waals surface area contributed by atoms with E-state index >= 15 is 0 Å². The number of amides is 4. The van der Waals surface area contributed by atoms with Crippen molar-refractivity contribution in [2.75, 3.05) is 65.8 Å². The van der Waals surface area contributed by atoms with Gasteiger partial charge in [-0.05, 0) is 144 Å².